The highest BCUT2D eigenvalue weighted by Crippen LogP contribution is 2.09. The quantitative estimate of drug-likeness (QED) is 0.201. The van der Waals surface area contributed by atoms with E-state index >= 15 is 0 Å². The smallest absolute Gasteiger partial charge is 0.315 e. The molecule has 0 aliphatic rings. The first kappa shape index (κ1) is 28.3. The summed E-state index contributed by atoms with van der Waals surface area (Å²) in [4.78, 5) is 60.4. The highest BCUT2D eigenvalue weighted by Gasteiger charge is 2.32. The lowest BCUT2D eigenvalue weighted by atomic mass is 9.97. The third kappa shape index (κ3) is 9.77. The number of aliphatic hydroxyl groups is 1. The van der Waals surface area contributed by atoms with Crippen LogP contribution in [0.1, 0.15) is 48.0 Å². The van der Waals surface area contributed by atoms with Crippen LogP contribution in [0.4, 0.5) is 4.79 Å². The molecule has 0 aromatic carbocycles. The van der Waals surface area contributed by atoms with Gasteiger partial charge in [0.05, 0.1) is 12.6 Å². The summed E-state index contributed by atoms with van der Waals surface area (Å²) in [6.07, 6.45) is 1.13. The Hall–Kier alpha value is -2.69. The van der Waals surface area contributed by atoms with Gasteiger partial charge < -0.3 is 36.5 Å². The van der Waals surface area contributed by atoms with Gasteiger partial charge in [0.25, 0.3) is 0 Å². The second kappa shape index (κ2) is 14.3. The molecule has 6 N–H and O–H groups in total. The van der Waals surface area contributed by atoms with Crippen LogP contribution in [-0.4, -0.2) is 72.5 Å². The fraction of sp³-hybridized carbons (Fsp3) is 0.750. The molecule has 11 heteroatoms. The molecule has 0 aromatic heterocycles. The van der Waals surface area contributed by atoms with Crippen LogP contribution in [0.3, 0.4) is 0 Å². The molecule has 0 aliphatic carbocycles. The van der Waals surface area contributed by atoms with Gasteiger partial charge in [-0.15, -0.1) is 0 Å². The van der Waals surface area contributed by atoms with Gasteiger partial charge in [0.15, 0.2) is 0 Å². The topological polar surface area (TPSA) is 166 Å². The second-order valence-corrected chi connectivity index (χ2v) is 7.77. The maximum absolute atomic E-state index is 12.7. The molecule has 0 rings (SSSR count). The molecule has 0 aromatic rings. The lowest BCUT2D eigenvalue weighted by Gasteiger charge is -2.28. The van der Waals surface area contributed by atoms with Gasteiger partial charge in [-0.25, -0.2) is 4.79 Å². The first-order valence-corrected chi connectivity index (χ1v) is 10.5. The third-order valence-electron chi connectivity index (χ3n) is 4.76. The van der Waals surface area contributed by atoms with E-state index in [-0.39, 0.29) is 11.8 Å². The zero-order valence-electron chi connectivity index (χ0n) is 19.2. The number of aliphatic hydroxyl groups excluding tert-OH is 1. The molecule has 178 valence electrons. The summed E-state index contributed by atoms with van der Waals surface area (Å²) in [5.74, 6) is -2.48. The van der Waals surface area contributed by atoms with Crippen LogP contribution >= 0.6 is 0 Å². The van der Waals surface area contributed by atoms with E-state index in [1.807, 2.05) is 6.92 Å². The van der Waals surface area contributed by atoms with Crippen molar-refractivity contribution in [3.8, 4) is 0 Å². The molecule has 5 amide bonds. The number of rotatable bonds is 13. The van der Waals surface area contributed by atoms with Crippen LogP contribution < -0.4 is 26.6 Å². The minimum atomic E-state index is -1.33. The zero-order valence-corrected chi connectivity index (χ0v) is 19.2. The largest absolute Gasteiger partial charge is 0.394 e. The van der Waals surface area contributed by atoms with Crippen molar-refractivity contribution in [2.75, 3.05) is 13.2 Å². The van der Waals surface area contributed by atoms with Gasteiger partial charge in [0.1, 0.15) is 24.4 Å². The van der Waals surface area contributed by atoms with Crippen LogP contribution in [0.25, 0.3) is 0 Å². The summed E-state index contributed by atoms with van der Waals surface area (Å²) in [7, 11) is 0. The van der Waals surface area contributed by atoms with E-state index < -0.39 is 54.5 Å². The van der Waals surface area contributed by atoms with Crippen LogP contribution in [0.5, 0.6) is 0 Å². The molecule has 5 atom stereocenters. The van der Waals surface area contributed by atoms with Gasteiger partial charge in [-0.1, -0.05) is 34.1 Å². The molecule has 0 radical (unpaired) electrons. The maximum atomic E-state index is 12.7. The number of hydrogen-bond acceptors (Lipinski definition) is 6. The van der Waals surface area contributed by atoms with Crippen molar-refractivity contribution in [1.82, 2.24) is 26.6 Å². The standard InChI is InChI=1S/C20H37N5O6/c1-7-12(5)16(19(30)22-13(6)9-26)24-17(28)14(10-27)23-18(29)15(11(3)4)25-20(31)21-8-2/h9,11-16,27H,7-8,10H2,1-6H3,(H,22,30)(H,23,29)(H,24,28)(H2,21,25,31)/t12-,13?,14?,15-,16-/m0/s1. The highest BCUT2D eigenvalue weighted by molar-refractivity contribution is 5.94. The van der Waals surface area contributed by atoms with Crippen molar-refractivity contribution in [1.29, 1.82) is 0 Å². The van der Waals surface area contributed by atoms with E-state index in [1.165, 1.54) is 6.92 Å². The van der Waals surface area contributed by atoms with Crippen LogP contribution in [0.2, 0.25) is 0 Å². The molecule has 31 heavy (non-hydrogen) atoms. The number of aldehydes is 1. The van der Waals surface area contributed by atoms with E-state index in [0.29, 0.717) is 19.3 Å². The number of carbonyl (C=O) groups is 5. The summed E-state index contributed by atoms with van der Waals surface area (Å²) >= 11 is 0. The van der Waals surface area contributed by atoms with E-state index in [4.69, 9.17) is 0 Å². The fourth-order valence-corrected chi connectivity index (χ4v) is 2.65. The summed E-state index contributed by atoms with van der Waals surface area (Å²) in [6, 6.07) is -4.47. The molecule has 2 unspecified atom stereocenters. The summed E-state index contributed by atoms with van der Waals surface area (Å²) in [5.41, 5.74) is 0. The van der Waals surface area contributed by atoms with Crippen molar-refractivity contribution < 1.29 is 29.1 Å². The van der Waals surface area contributed by atoms with E-state index in [2.05, 4.69) is 26.6 Å². The van der Waals surface area contributed by atoms with E-state index in [1.54, 1.807) is 27.7 Å². The molecule has 0 heterocycles. The van der Waals surface area contributed by atoms with Crippen molar-refractivity contribution in [2.45, 2.75) is 72.1 Å². The Morgan fingerprint density at radius 2 is 1.42 bits per heavy atom. The van der Waals surface area contributed by atoms with Crippen LogP contribution in [0, 0.1) is 11.8 Å². The average molecular weight is 444 g/mol. The molecule has 0 spiro atoms. The lowest BCUT2D eigenvalue weighted by molar-refractivity contribution is -0.134. The van der Waals surface area contributed by atoms with Gasteiger partial charge in [0.2, 0.25) is 17.7 Å². The molecular weight excluding hydrogens is 406 g/mol. The minimum Gasteiger partial charge on any atom is -0.394 e. The number of carbonyl (C=O) groups excluding carboxylic acids is 5. The first-order valence-electron chi connectivity index (χ1n) is 10.5. The molecule has 0 bridgehead atoms. The average Bonchev–Trinajstić information content (AvgIpc) is 2.72. The van der Waals surface area contributed by atoms with Crippen LogP contribution in [-0.2, 0) is 19.2 Å². The van der Waals surface area contributed by atoms with Gasteiger partial charge in [-0.2, -0.15) is 0 Å². The Balaban J connectivity index is 5.31. The Morgan fingerprint density at radius 3 is 1.87 bits per heavy atom. The predicted octanol–water partition coefficient (Wildman–Crippen LogP) is -0.958. The molecule has 0 saturated heterocycles. The highest BCUT2D eigenvalue weighted by atomic mass is 16.3. The zero-order chi connectivity index (χ0) is 24.1. The fourth-order valence-electron chi connectivity index (χ4n) is 2.65. The minimum absolute atomic E-state index is 0.263. The molecule has 0 aliphatic heterocycles. The number of urea groups is 1. The molecule has 0 fully saturated rings. The maximum Gasteiger partial charge on any atom is 0.315 e. The number of amides is 5. The second-order valence-electron chi connectivity index (χ2n) is 7.77. The SMILES string of the molecule is CCNC(=O)N[C@H](C(=O)NC(CO)C(=O)N[C@H](C(=O)NC(C)C=O)[C@@H](C)CC)C(C)C. The normalized spacial score (nSPS) is 15.6. The number of nitrogens with one attached hydrogen (secondary N) is 5. The molecule has 0 saturated carbocycles. The van der Waals surface area contributed by atoms with Crippen molar-refractivity contribution in [2.24, 2.45) is 11.8 Å². The molecule has 11 nitrogen and oxygen atoms in total. The van der Waals surface area contributed by atoms with Gasteiger partial charge in [-0.05, 0) is 25.7 Å². The Labute approximate surface area is 183 Å². The van der Waals surface area contributed by atoms with Crippen molar-refractivity contribution in [3.63, 3.8) is 0 Å². The monoisotopic (exact) mass is 443 g/mol. The first-order chi connectivity index (χ1) is 14.5. The van der Waals surface area contributed by atoms with E-state index in [0.717, 1.165) is 0 Å². The van der Waals surface area contributed by atoms with Crippen LogP contribution in [0.15, 0.2) is 0 Å². The third-order valence-corrected chi connectivity index (χ3v) is 4.76. The van der Waals surface area contributed by atoms with Crippen molar-refractivity contribution >= 4 is 30.0 Å². The Bertz CT molecular complexity index is 627. The van der Waals surface area contributed by atoms with Gasteiger partial charge >= 0.3 is 6.03 Å². The summed E-state index contributed by atoms with van der Waals surface area (Å²) in [5, 5.41) is 22.1. The van der Waals surface area contributed by atoms with Gasteiger partial charge in [-0.3, -0.25) is 14.4 Å². The van der Waals surface area contributed by atoms with E-state index in [9.17, 15) is 29.1 Å². The van der Waals surface area contributed by atoms with Gasteiger partial charge in [0, 0.05) is 6.54 Å². The Kier molecular flexibility index (Phi) is 13.1. The summed E-state index contributed by atoms with van der Waals surface area (Å²) in [6.45, 7) is 9.95. The summed E-state index contributed by atoms with van der Waals surface area (Å²) < 4.78 is 0. The molecular formula is C20H37N5O6. The Morgan fingerprint density at radius 1 is 0.839 bits per heavy atom. The number of hydrogen-bond donors (Lipinski definition) is 6. The lowest BCUT2D eigenvalue weighted by Crippen LogP contribution is -2.60. The predicted molar refractivity (Wildman–Crippen MR) is 115 cm³/mol. The van der Waals surface area contributed by atoms with Crippen molar-refractivity contribution in [3.05, 3.63) is 0 Å².